The molecule has 2 aromatic heterocycles. The summed E-state index contributed by atoms with van der Waals surface area (Å²) in [5, 5.41) is 12.7. The van der Waals surface area contributed by atoms with E-state index in [4.69, 9.17) is 9.97 Å². The summed E-state index contributed by atoms with van der Waals surface area (Å²) in [6.45, 7) is 0. The summed E-state index contributed by atoms with van der Waals surface area (Å²) >= 11 is 0. The molecule has 4 heteroatoms. The van der Waals surface area contributed by atoms with Crippen LogP contribution in [0, 0.1) is 0 Å². The zero-order valence-electron chi connectivity index (χ0n) is 18.1. The number of phenolic OH excluding ortho intramolecular Hbond substituents is 1. The summed E-state index contributed by atoms with van der Waals surface area (Å²) in [6.07, 6.45) is 1.86. The molecular formula is C29H21N3O. The minimum absolute atomic E-state index is 0.224. The third-order valence-corrected chi connectivity index (χ3v) is 6.18. The Hall–Kier alpha value is -4.44. The highest BCUT2D eigenvalue weighted by Crippen LogP contribution is 2.36. The maximum absolute atomic E-state index is 10.4. The van der Waals surface area contributed by atoms with E-state index in [-0.39, 0.29) is 5.75 Å². The number of hydrogen-bond acceptors (Lipinski definition) is 3. The summed E-state index contributed by atoms with van der Waals surface area (Å²) in [6, 6.07) is 32.3. The van der Waals surface area contributed by atoms with Gasteiger partial charge in [-0.1, -0.05) is 66.7 Å². The first-order chi connectivity index (χ1) is 16.2. The number of benzene rings is 4. The lowest BCUT2D eigenvalue weighted by Crippen LogP contribution is -1.92. The van der Waals surface area contributed by atoms with E-state index in [1.807, 2.05) is 54.2 Å². The fraction of sp³-hybridized carbons (Fsp3) is 0.0345. The molecule has 2 heterocycles. The van der Waals surface area contributed by atoms with Crippen LogP contribution in [0.3, 0.4) is 0 Å². The molecule has 0 fully saturated rings. The maximum Gasteiger partial charge on any atom is 0.144 e. The van der Waals surface area contributed by atoms with Crippen LogP contribution >= 0.6 is 0 Å². The van der Waals surface area contributed by atoms with Crippen LogP contribution in [0.25, 0.3) is 55.6 Å². The molecule has 0 bridgehead atoms. The molecule has 158 valence electrons. The van der Waals surface area contributed by atoms with Crippen molar-refractivity contribution in [1.82, 2.24) is 14.5 Å². The number of aromatic nitrogens is 3. The van der Waals surface area contributed by atoms with Crippen molar-refractivity contribution < 1.29 is 5.11 Å². The van der Waals surface area contributed by atoms with Crippen LogP contribution in [0.5, 0.6) is 5.75 Å². The average molecular weight is 428 g/mol. The Labute approximate surface area is 191 Å². The second-order valence-corrected chi connectivity index (χ2v) is 8.15. The predicted molar refractivity (Wildman–Crippen MR) is 134 cm³/mol. The Morgan fingerprint density at radius 1 is 0.727 bits per heavy atom. The largest absolute Gasteiger partial charge is 0.507 e. The van der Waals surface area contributed by atoms with E-state index in [0.29, 0.717) is 0 Å². The molecule has 0 aliphatic carbocycles. The van der Waals surface area contributed by atoms with Gasteiger partial charge in [0.25, 0.3) is 0 Å². The van der Waals surface area contributed by atoms with Crippen molar-refractivity contribution in [2.24, 2.45) is 7.05 Å². The zero-order chi connectivity index (χ0) is 22.4. The van der Waals surface area contributed by atoms with E-state index >= 15 is 0 Å². The Kier molecular flexibility index (Phi) is 4.44. The van der Waals surface area contributed by atoms with Gasteiger partial charge in [0.05, 0.1) is 22.3 Å². The molecule has 0 saturated carbocycles. The molecule has 4 nitrogen and oxygen atoms in total. The highest BCUT2D eigenvalue weighted by Gasteiger charge is 2.16. The highest BCUT2D eigenvalue weighted by molar-refractivity contribution is 5.98. The van der Waals surface area contributed by atoms with Gasteiger partial charge >= 0.3 is 0 Å². The van der Waals surface area contributed by atoms with E-state index in [9.17, 15) is 5.11 Å². The van der Waals surface area contributed by atoms with Crippen molar-refractivity contribution in [2.75, 3.05) is 0 Å². The number of rotatable bonds is 3. The number of fused-ring (bicyclic) bond motifs is 2. The van der Waals surface area contributed by atoms with Crippen LogP contribution in [-0.2, 0) is 7.05 Å². The normalized spacial score (nSPS) is 11.3. The van der Waals surface area contributed by atoms with Crippen LogP contribution in [0.15, 0.2) is 103 Å². The van der Waals surface area contributed by atoms with E-state index < -0.39 is 0 Å². The van der Waals surface area contributed by atoms with Crippen molar-refractivity contribution in [1.29, 1.82) is 0 Å². The molecule has 4 aromatic carbocycles. The molecule has 0 aliphatic heterocycles. The van der Waals surface area contributed by atoms with Gasteiger partial charge < -0.3 is 9.67 Å². The maximum atomic E-state index is 10.4. The standard InChI is InChI=1S/C29H21N3O/c1-32-25-14-7-13-23(28(25)31-29(32)24-12-4-5-15-26(24)33)20-9-6-10-21(18-20)27-22-11-3-2-8-19(22)16-17-30-27/h2-18,33H,1H3. The van der Waals surface area contributed by atoms with Gasteiger partial charge in [-0.3, -0.25) is 4.98 Å². The minimum Gasteiger partial charge on any atom is -0.507 e. The summed E-state index contributed by atoms with van der Waals surface area (Å²) in [4.78, 5) is 9.65. The van der Waals surface area contributed by atoms with Gasteiger partial charge in [0, 0.05) is 29.8 Å². The summed E-state index contributed by atoms with van der Waals surface area (Å²) < 4.78 is 2.03. The molecule has 33 heavy (non-hydrogen) atoms. The smallest absolute Gasteiger partial charge is 0.144 e. The summed E-state index contributed by atoms with van der Waals surface area (Å²) in [7, 11) is 1.98. The van der Waals surface area contributed by atoms with Crippen LogP contribution in [0.1, 0.15) is 0 Å². The second-order valence-electron chi connectivity index (χ2n) is 8.15. The van der Waals surface area contributed by atoms with E-state index in [0.717, 1.165) is 50.2 Å². The first kappa shape index (κ1) is 19.3. The second kappa shape index (κ2) is 7.61. The molecular weight excluding hydrogens is 406 g/mol. The molecule has 0 amide bonds. The van der Waals surface area contributed by atoms with Gasteiger partial charge in [-0.15, -0.1) is 0 Å². The average Bonchev–Trinajstić information content (AvgIpc) is 3.20. The number of para-hydroxylation sites is 2. The Morgan fingerprint density at radius 3 is 2.39 bits per heavy atom. The topological polar surface area (TPSA) is 50.9 Å². The molecule has 0 atom stereocenters. The number of nitrogens with zero attached hydrogens (tertiary/aromatic N) is 3. The lowest BCUT2D eigenvalue weighted by Gasteiger charge is -2.09. The van der Waals surface area contributed by atoms with E-state index in [1.54, 1.807) is 6.07 Å². The van der Waals surface area contributed by atoms with Gasteiger partial charge in [-0.25, -0.2) is 4.98 Å². The number of aryl methyl sites for hydroxylation is 1. The SMILES string of the molecule is Cn1c(-c2ccccc2O)nc2c(-c3cccc(-c4nccc5ccccc45)c3)cccc21. The Balaban J connectivity index is 1.54. The van der Waals surface area contributed by atoms with Crippen molar-refractivity contribution in [3.8, 4) is 39.5 Å². The molecule has 1 N–H and O–H groups in total. The number of imidazole rings is 1. The third kappa shape index (κ3) is 3.15. The van der Waals surface area contributed by atoms with Crippen LogP contribution in [0.2, 0.25) is 0 Å². The number of phenols is 1. The monoisotopic (exact) mass is 427 g/mol. The Bertz CT molecular complexity index is 1640. The predicted octanol–water partition coefficient (Wildman–Crippen LogP) is 6.83. The molecule has 6 aromatic rings. The van der Waals surface area contributed by atoms with Crippen molar-refractivity contribution in [3.63, 3.8) is 0 Å². The minimum atomic E-state index is 0.224. The van der Waals surface area contributed by atoms with Crippen molar-refractivity contribution in [3.05, 3.63) is 103 Å². The van der Waals surface area contributed by atoms with Crippen LogP contribution in [-0.4, -0.2) is 19.6 Å². The third-order valence-electron chi connectivity index (χ3n) is 6.18. The van der Waals surface area contributed by atoms with Gasteiger partial charge in [-0.2, -0.15) is 0 Å². The van der Waals surface area contributed by atoms with Crippen LogP contribution in [0.4, 0.5) is 0 Å². The quantitative estimate of drug-likeness (QED) is 0.337. The number of hydrogen-bond donors (Lipinski definition) is 1. The van der Waals surface area contributed by atoms with E-state index in [2.05, 4.69) is 54.6 Å². The molecule has 0 saturated heterocycles. The van der Waals surface area contributed by atoms with Gasteiger partial charge in [0.1, 0.15) is 11.6 Å². The van der Waals surface area contributed by atoms with Gasteiger partial charge in [0.2, 0.25) is 0 Å². The Morgan fingerprint density at radius 2 is 1.48 bits per heavy atom. The molecule has 0 aliphatic rings. The molecule has 0 spiro atoms. The fourth-order valence-electron chi connectivity index (χ4n) is 4.53. The van der Waals surface area contributed by atoms with Gasteiger partial charge in [-0.05, 0) is 41.3 Å². The molecule has 6 rings (SSSR count). The lowest BCUT2D eigenvalue weighted by atomic mass is 9.98. The molecule has 0 unspecified atom stereocenters. The highest BCUT2D eigenvalue weighted by atomic mass is 16.3. The zero-order valence-corrected chi connectivity index (χ0v) is 18.1. The summed E-state index contributed by atoms with van der Waals surface area (Å²) in [5.41, 5.74) is 6.80. The molecule has 0 radical (unpaired) electrons. The fourth-order valence-corrected chi connectivity index (χ4v) is 4.53. The first-order valence-electron chi connectivity index (χ1n) is 10.9. The first-order valence-corrected chi connectivity index (χ1v) is 10.9. The van der Waals surface area contributed by atoms with E-state index in [1.165, 1.54) is 5.39 Å². The van der Waals surface area contributed by atoms with Crippen molar-refractivity contribution >= 4 is 21.8 Å². The van der Waals surface area contributed by atoms with Gasteiger partial charge in [0.15, 0.2) is 0 Å². The summed E-state index contributed by atoms with van der Waals surface area (Å²) in [5.74, 6) is 0.962. The van der Waals surface area contributed by atoms with Crippen molar-refractivity contribution in [2.45, 2.75) is 0 Å². The number of aromatic hydroxyl groups is 1. The lowest BCUT2D eigenvalue weighted by molar-refractivity contribution is 0.476. The number of pyridine rings is 1. The van der Waals surface area contributed by atoms with Crippen LogP contribution < -0.4 is 0 Å².